The van der Waals surface area contributed by atoms with Crippen LogP contribution in [0.15, 0.2) is 54.6 Å². The summed E-state index contributed by atoms with van der Waals surface area (Å²) in [6, 6.07) is 17.0. The molecule has 0 unspecified atom stereocenters. The van der Waals surface area contributed by atoms with Crippen molar-refractivity contribution in [3.05, 3.63) is 70.2 Å². The van der Waals surface area contributed by atoms with Gasteiger partial charge in [0.15, 0.2) is 0 Å². The number of rotatable bonds is 6. The van der Waals surface area contributed by atoms with Crippen molar-refractivity contribution < 1.29 is 14.3 Å². The molecule has 0 aromatic heterocycles. The zero-order valence-corrected chi connectivity index (χ0v) is 15.6. The molecular formula is C20H17Cl2NO3. The third kappa shape index (κ3) is 4.03. The maximum atomic E-state index is 11.9. The first-order chi connectivity index (χ1) is 12.6. The highest BCUT2D eigenvalue weighted by molar-refractivity contribution is 6.37. The molecule has 0 aliphatic carbocycles. The fourth-order valence-electron chi connectivity index (χ4n) is 2.68. The van der Waals surface area contributed by atoms with Crippen LogP contribution in [0.25, 0.3) is 10.8 Å². The minimum absolute atomic E-state index is 0.287. The second-order valence-corrected chi connectivity index (χ2v) is 6.40. The SMILES string of the molecule is COC(=O)c1cc(Cl)cc(Cl)c1NCCOc1cccc2ccccc12. The standard InChI is InChI=1S/C20H17Cl2NO3/c1-25-20(24)16-11-14(21)12-17(22)19(16)23-9-10-26-18-8-4-6-13-5-2-3-7-15(13)18/h2-8,11-12,23H,9-10H2,1H3. The highest BCUT2D eigenvalue weighted by Crippen LogP contribution is 2.31. The van der Waals surface area contributed by atoms with Gasteiger partial charge in [-0.15, -0.1) is 0 Å². The number of fused-ring (bicyclic) bond motifs is 1. The van der Waals surface area contributed by atoms with Crippen LogP contribution in [-0.2, 0) is 4.74 Å². The summed E-state index contributed by atoms with van der Waals surface area (Å²) in [5.74, 6) is 0.298. The Morgan fingerprint density at radius 2 is 1.85 bits per heavy atom. The van der Waals surface area contributed by atoms with Crippen LogP contribution in [0.3, 0.4) is 0 Å². The molecule has 3 aromatic carbocycles. The van der Waals surface area contributed by atoms with E-state index in [2.05, 4.69) is 5.32 Å². The maximum Gasteiger partial charge on any atom is 0.340 e. The fourth-order valence-corrected chi connectivity index (χ4v) is 3.24. The number of carbonyl (C=O) groups excluding carboxylic acids is 1. The van der Waals surface area contributed by atoms with Crippen molar-refractivity contribution in [2.45, 2.75) is 0 Å². The summed E-state index contributed by atoms with van der Waals surface area (Å²) in [5.41, 5.74) is 0.764. The molecule has 0 fully saturated rings. The number of nitrogens with one attached hydrogen (secondary N) is 1. The average Bonchev–Trinajstić information content (AvgIpc) is 2.65. The molecule has 3 rings (SSSR count). The Morgan fingerprint density at radius 3 is 2.65 bits per heavy atom. The van der Waals surface area contributed by atoms with E-state index in [9.17, 15) is 4.79 Å². The molecule has 26 heavy (non-hydrogen) atoms. The number of hydrogen-bond donors (Lipinski definition) is 1. The van der Waals surface area contributed by atoms with E-state index in [-0.39, 0.29) is 5.56 Å². The first-order valence-corrected chi connectivity index (χ1v) is 8.77. The average molecular weight is 390 g/mol. The van der Waals surface area contributed by atoms with Crippen molar-refractivity contribution in [1.82, 2.24) is 0 Å². The Labute approximate surface area is 161 Å². The van der Waals surface area contributed by atoms with Crippen LogP contribution >= 0.6 is 23.2 Å². The van der Waals surface area contributed by atoms with Gasteiger partial charge in [0.1, 0.15) is 12.4 Å². The smallest absolute Gasteiger partial charge is 0.340 e. The van der Waals surface area contributed by atoms with Crippen molar-refractivity contribution >= 4 is 45.6 Å². The fraction of sp³-hybridized carbons (Fsp3) is 0.150. The number of carbonyl (C=O) groups is 1. The Kier molecular flexibility index (Phi) is 5.86. The zero-order valence-electron chi connectivity index (χ0n) is 14.1. The van der Waals surface area contributed by atoms with Crippen LogP contribution in [0.1, 0.15) is 10.4 Å². The molecule has 1 N–H and O–H groups in total. The minimum atomic E-state index is -0.508. The Hall–Kier alpha value is -2.43. The van der Waals surface area contributed by atoms with Gasteiger partial charge < -0.3 is 14.8 Å². The molecule has 0 saturated carbocycles. The lowest BCUT2D eigenvalue weighted by Gasteiger charge is -2.14. The lowest BCUT2D eigenvalue weighted by atomic mass is 10.1. The molecule has 0 heterocycles. The van der Waals surface area contributed by atoms with E-state index in [0.29, 0.717) is 28.9 Å². The summed E-state index contributed by atoms with van der Waals surface area (Å²) in [7, 11) is 1.31. The number of anilines is 1. The second-order valence-electron chi connectivity index (χ2n) is 5.55. The zero-order chi connectivity index (χ0) is 18.5. The summed E-state index contributed by atoms with van der Waals surface area (Å²) in [6.45, 7) is 0.849. The van der Waals surface area contributed by atoms with Gasteiger partial charge in [0.25, 0.3) is 0 Å². The van der Waals surface area contributed by atoms with E-state index in [1.165, 1.54) is 13.2 Å². The Morgan fingerprint density at radius 1 is 1.08 bits per heavy atom. The Bertz CT molecular complexity index is 938. The number of esters is 1. The van der Waals surface area contributed by atoms with Gasteiger partial charge in [-0.2, -0.15) is 0 Å². The van der Waals surface area contributed by atoms with Crippen LogP contribution in [0.5, 0.6) is 5.75 Å². The molecule has 0 atom stereocenters. The van der Waals surface area contributed by atoms with E-state index < -0.39 is 5.97 Å². The van der Waals surface area contributed by atoms with Gasteiger partial charge in [-0.3, -0.25) is 0 Å². The van der Waals surface area contributed by atoms with Crippen LogP contribution in [-0.4, -0.2) is 26.2 Å². The molecule has 0 aliphatic rings. The number of ether oxygens (including phenoxy) is 2. The van der Waals surface area contributed by atoms with Crippen molar-refractivity contribution in [3.8, 4) is 5.75 Å². The third-order valence-corrected chi connectivity index (χ3v) is 4.39. The highest BCUT2D eigenvalue weighted by Gasteiger charge is 2.16. The molecule has 0 saturated heterocycles. The molecule has 0 bridgehead atoms. The molecule has 0 radical (unpaired) electrons. The lowest BCUT2D eigenvalue weighted by molar-refractivity contribution is 0.0602. The Balaban J connectivity index is 1.69. The number of hydrogen-bond acceptors (Lipinski definition) is 4. The first kappa shape index (κ1) is 18.4. The maximum absolute atomic E-state index is 11.9. The summed E-state index contributed by atoms with van der Waals surface area (Å²) in [5, 5.41) is 6.01. The van der Waals surface area contributed by atoms with E-state index in [0.717, 1.165) is 16.5 Å². The van der Waals surface area contributed by atoms with Crippen molar-refractivity contribution in [1.29, 1.82) is 0 Å². The lowest BCUT2D eigenvalue weighted by Crippen LogP contribution is -2.15. The second kappa shape index (κ2) is 8.30. The largest absolute Gasteiger partial charge is 0.491 e. The molecule has 4 nitrogen and oxygen atoms in total. The van der Waals surface area contributed by atoms with Crippen LogP contribution in [0.2, 0.25) is 10.0 Å². The molecule has 3 aromatic rings. The van der Waals surface area contributed by atoms with E-state index >= 15 is 0 Å². The molecule has 0 spiro atoms. The summed E-state index contributed by atoms with van der Waals surface area (Å²) in [4.78, 5) is 11.9. The normalized spacial score (nSPS) is 10.6. The van der Waals surface area contributed by atoms with Crippen molar-refractivity contribution in [2.24, 2.45) is 0 Å². The van der Waals surface area contributed by atoms with E-state index in [4.69, 9.17) is 32.7 Å². The summed E-state index contributed by atoms with van der Waals surface area (Å²) < 4.78 is 10.7. The van der Waals surface area contributed by atoms with Gasteiger partial charge >= 0.3 is 5.97 Å². The van der Waals surface area contributed by atoms with Gasteiger partial charge in [-0.05, 0) is 23.6 Å². The predicted molar refractivity (Wildman–Crippen MR) is 106 cm³/mol. The molecule has 134 valence electrons. The molecule has 0 amide bonds. The quantitative estimate of drug-likeness (QED) is 0.451. The predicted octanol–water partition coefficient (Wildman–Crippen LogP) is 5.42. The van der Waals surface area contributed by atoms with Crippen LogP contribution < -0.4 is 10.1 Å². The summed E-state index contributed by atoms with van der Waals surface area (Å²) >= 11 is 12.2. The molecule has 6 heteroatoms. The minimum Gasteiger partial charge on any atom is -0.491 e. The first-order valence-electron chi connectivity index (χ1n) is 8.02. The monoisotopic (exact) mass is 389 g/mol. The van der Waals surface area contributed by atoms with Crippen molar-refractivity contribution in [2.75, 3.05) is 25.6 Å². The number of benzene rings is 3. The molecular weight excluding hydrogens is 373 g/mol. The van der Waals surface area contributed by atoms with E-state index in [1.807, 2.05) is 42.5 Å². The van der Waals surface area contributed by atoms with Crippen molar-refractivity contribution in [3.63, 3.8) is 0 Å². The van der Waals surface area contributed by atoms with Gasteiger partial charge in [0.2, 0.25) is 0 Å². The number of halogens is 2. The van der Waals surface area contributed by atoms with Crippen LogP contribution in [0, 0.1) is 0 Å². The molecule has 0 aliphatic heterocycles. The van der Waals surface area contributed by atoms with Crippen LogP contribution in [0.4, 0.5) is 5.69 Å². The van der Waals surface area contributed by atoms with Gasteiger partial charge in [-0.25, -0.2) is 4.79 Å². The van der Waals surface area contributed by atoms with E-state index in [1.54, 1.807) is 6.07 Å². The van der Waals surface area contributed by atoms with Gasteiger partial charge in [-0.1, -0.05) is 59.6 Å². The third-order valence-electron chi connectivity index (χ3n) is 3.87. The topological polar surface area (TPSA) is 47.6 Å². The number of methoxy groups -OCH3 is 1. The van der Waals surface area contributed by atoms with Gasteiger partial charge in [0.05, 0.1) is 23.4 Å². The van der Waals surface area contributed by atoms with Gasteiger partial charge in [0, 0.05) is 17.0 Å². The highest BCUT2D eigenvalue weighted by atomic mass is 35.5. The summed E-state index contributed by atoms with van der Waals surface area (Å²) in [6.07, 6.45) is 0.